The Labute approximate surface area is 99.2 Å². The molecular formula is C13H14O4. The third kappa shape index (κ3) is 4.72. The van der Waals surface area contributed by atoms with Gasteiger partial charge in [-0.1, -0.05) is 30.3 Å². The Morgan fingerprint density at radius 2 is 1.82 bits per heavy atom. The second-order valence-electron chi connectivity index (χ2n) is 3.74. The molecule has 0 unspecified atom stereocenters. The highest BCUT2D eigenvalue weighted by atomic mass is 16.5. The first-order chi connectivity index (χ1) is 8.07. The van der Waals surface area contributed by atoms with Gasteiger partial charge in [-0.25, -0.2) is 0 Å². The molecule has 0 bridgehead atoms. The van der Waals surface area contributed by atoms with Crippen LogP contribution >= 0.6 is 0 Å². The molecule has 1 rings (SSSR count). The lowest BCUT2D eigenvalue weighted by molar-refractivity contribution is -0.170. The van der Waals surface area contributed by atoms with Gasteiger partial charge in [0.1, 0.15) is 6.29 Å². The highest BCUT2D eigenvalue weighted by Gasteiger charge is 2.21. The summed E-state index contributed by atoms with van der Waals surface area (Å²) in [5.41, 5.74) is 1.26. The standard InChI is InChI=1S/C13H14O4/c14-9-12(6-7-13(16,17)10-15)8-11-4-2-1-3-5-11/h1-5,8-10,16-17H,6-7H2. The van der Waals surface area contributed by atoms with Crippen molar-refractivity contribution in [3.05, 3.63) is 41.5 Å². The van der Waals surface area contributed by atoms with E-state index < -0.39 is 5.79 Å². The number of aldehydes is 2. The minimum Gasteiger partial charge on any atom is -0.360 e. The Morgan fingerprint density at radius 3 is 2.35 bits per heavy atom. The normalized spacial score (nSPS) is 12.2. The summed E-state index contributed by atoms with van der Waals surface area (Å²) >= 11 is 0. The van der Waals surface area contributed by atoms with Crippen LogP contribution in [-0.2, 0) is 9.59 Å². The van der Waals surface area contributed by atoms with Crippen molar-refractivity contribution >= 4 is 18.6 Å². The summed E-state index contributed by atoms with van der Waals surface area (Å²) in [5.74, 6) is -2.36. The Morgan fingerprint density at radius 1 is 1.18 bits per heavy atom. The fraction of sp³-hybridized carbons (Fsp3) is 0.231. The third-order valence-corrected chi connectivity index (χ3v) is 2.27. The van der Waals surface area contributed by atoms with Crippen molar-refractivity contribution in [2.24, 2.45) is 0 Å². The van der Waals surface area contributed by atoms with E-state index in [9.17, 15) is 9.59 Å². The van der Waals surface area contributed by atoms with Gasteiger partial charge in [0.25, 0.3) is 0 Å². The molecule has 0 heterocycles. The van der Waals surface area contributed by atoms with Crippen LogP contribution in [0.4, 0.5) is 0 Å². The van der Waals surface area contributed by atoms with Gasteiger partial charge in [-0.2, -0.15) is 0 Å². The molecule has 0 radical (unpaired) electrons. The van der Waals surface area contributed by atoms with Crippen molar-refractivity contribution in [2.75, 3.05) is 0 Å². The molecule has 0 aromatic heterocycles. The highest BCUT2D eigenvalue weighted by molar-refractivity contribution is 5.81. The molecule has 4 nitrogen and oxygen atoms in total. The molecule has 4 heteroatoms. The second kappa shape index (κ2) is 6.08. The van der Waals surface area contributed by atoms with Gasteiger partial charge >= 0.3 is 0 Å². The largest absolute Gasteiger partial charge is 0.360 e. The molecule has 17 heavy (non-hydrogen) atoms. The van der Waals surface area contributed by atoms with Crippen molar-refractivity contribution in [3.63, 3.8) is 0 Å². The lowest BCUT2D eigenvalue weighted by Gasteiger charge is -2.13. The predicted octanol–water partition coefficient (Wildman–Crippen LogP) is 0.929. The molecule has 0 spiro atoms. The van der Waals surface area contributed by atoms with E-state index in [0.29, 0.717) is 11.9 Å². The second-order valence-corrected chi connectivity index (χ2v) is 3.74. The van der Waals surface area contributed by atoms with Gasteiger partial charge in [0.2, 0.25) is 5.79 Å². The zero-order valence-electron chi connectivity index (χ0n) is 9.24. The molecule has 0 atom stereocenters. The number of aliphatic hydroxyl groups is 2. The number of hydrogen-bond donors (Lipinski definition) is 2. The van der Waals surface area contributed by atoms with Gasteiger partial charge in [-0.15, -0.1) is 0 Å². The smallest absolute Gasteiger partial charge is 0.221 e. The van der Waals surface area contributed by atoms with Crippen LogP contribution in [0.25, 0.3) is 6.08 Å². The summed E-state index contributed by atoms with van der Waals surface area (Å²) in [6.45, 7) is 0. The summed E-state index contributed by atoms with van der Waals surface area (Å²) in [6.07, 6.45) is 2.28. The van der Waals surface area contributed by atoms with E-state index in [0.717, 1.165) is 5.56 Å². The number of carbonyl (C=O) groups excluding carboxylic acids is 2. The summed E-state index contributed by atoms with van der Waals surface area (Å²) in [4.78, 5) is 21.1. The summed E-state index contributed by atoms with van der Waals surface area (Å²) < 4.78 is 0. The zero-order chi connectivity index (χ0) is 12.7. The molecule has 0 aliphatic rings. The fourth-order valence-electron chi connectivity index (χ4n) is 1.32. The van der Waals surface area contributed by atoms with Crippen LogP contribution in [0.15, 0.2) is 35.9 Å². The molecule has 0 saturated heterocycles. The first kappa shape index (κ1) is 13.3. The van der Waals surface area contributed by atoms with E-state index in [-0.39, 0.29) is 19.1 Å². The number of benzene rings is 1. The molecule has 90 valence electrons. The number of hydrogen-bond acceptors (Lipinski definition) is 4. The molecule has 0 aliphatic carbocycles. The summed E-state index contributed by atoms with van der Waals surface area (Å²) in [5, 5.41) is 18.2. The van der Waals surface area contributed by atoms with Crippen LogP contribution in [-0.4, -0.2) is 28.6 Å². The van der Waals surface area contributed by atoms with E-state index >= 15 is 0 Å². The van der Waals surface area contributed by atoms with E-state index in [1.54, 1.807) is 6.08 Å². The van der Waals surface area contributed by atoms with E-state index in [4.69, 9.17) is 10.2 Å². The molecule has 0 aliphatic heterocycles. The molecular weight excluding hydrogens is 220 g/mol. The van der Waals surface area contributed by atoms with Crippen LogP contribution in [0.1, 0.15) is 18.4 Å². The number of carbonyl (C=O) groups is 2. The third-order valence-electron chi connectivity index (χ3n) is 2.27. The first-order valence-corrected chi connectivity index (χ1v) is 5.19. The van der Waals surface area contributed by atoms with Crippen molar-refractivity contribution in [1.29, 1.82) is 0 Å². The summed E-state index contributed by atoms with van der Waals surface area (Å²) in [6, 6.07) is 9.18. The maximum Gasteiger partial charge on any atom is 0.221 e. The van der Waals surface area contributed by atoms with Crippen LogP contribution < -0.4 is 0 Å². The fourth-order valence-corrected chi connectivity index (χ4v) is 1.32. The van der Waals surface area contributed by atoms with Crippen molar-refractivity contribution < 1.29 is 19.8 Å². The number of allylic oxidation sites excluding steroid dienone is 1. The minimum absolute atomic E-state index is 0.0535. The Hall–Kier alpha value is -1.78. The predicted molar refractivity (Wildman–Crippen MR) is 62.9 cm³/mol. The molecule has 0 fully saturated rings. The molecule has 2 N–H and O–H groups in total. The average molecular weight is 234 g/mol. The van der Waals surface area contributed by atoms with E-state index in [2.05, 4.69) is 0 Å². The average Bonchev–Trinajstić information content (AvgIpc) is 2.35. The lowest BCUT2D eigenvalue weighted by atomic mass is 10.0. The Balaban J connectivity index is 2.70. The number of rotatable bonds is 6. The Bertz CT molecular complexity index is 407. The SMILES string of the molecule is O=CC(=Cc1ccccc1)CCC(O)(O)C=O. The Kier molecular flexibility index (Phi) is 4.75. The van der Waals surface area contributed by atoms with Gasteiger partial charge in [-0.05, 0) is 23.6 Å². The van der Waals surface area contributed by atoms with Gasteiger partial charge in [0.05, 0.1) is 0 Å². The van der Waals surface area contributed by atoms with Crippen LogP contribution in [0, 0.1) is 0 Å². The highest BCUT2D eigenvalue weighted by Crippen LogP contribution is 2.14. The van der Waals surface area contributed by atoms with Gasteiger partial charge in [0.15, 0.2) is 6.29 Å². The van der Waals surface area contributed by atoms with E-state index in [1.165, 1.54) is 0 Å². The first-order valence-electron chi connectivity index (χ1n) is 5.19. The molecule has 1 aromatic rings. The van der Waals surface area contributed by atoms with Gasteiger partial charge in [0, 0.05) is 6.42 Å². The van der Waals surface area contributed by atoms with Crippen LogP contribution in [0.2, 0.25) is 0 Å². The lowest BCUT2D eigenvalue weighted by Crippen LogP contribution is -2.29. The van der Waals surface area contributed by atoms with Crippen LogP contribution in [0.5, 0.6) is 0 Å². The van der Waals surface area contributed by atoms with Crippen molar-refractivity contribution in [2.45, 2.75) is 18.6 Å². The summed E-state index contributed by atoms with van der Waals surface area (Å²) in [7, 11) is 0. The monoisotopic (exact) mass is 234 g/mol. The maximum absolute atomic E-state index is 10.8. The quantitative estimate of drug-likeness (QED) is 0.436. The molecule has 0 amide bonds. The van der Waals surface area contributed by atoms with Crippen molar-refractivity contribution in [1.82, 2.24) is 0 Å². The van der Waals surface area contributed by atoms with Crippen LogP contribution in [0.3, 0.4) is 0 Å². The van der Waals surface area contributed by atoms with E-state index in [1.807, 2.05) is 30.3 Å². The maximum atomic E-state index is 10.8. The van der Waals surface area contributed by atoms with Crippen molar-refractivity contribution in [3.8, 4) is 0 Å². The minimum atomic E-state index is -2.36. The molecule has 1 aromatic carbocycles. The topological polar surface area (TPSA) is 74.6 Å². The van der Waals surface area contributed by atoms with Gasteiger partial charge < -0.3 is 10.2 Å². The zero-order valence-corrected chi connectivity index (χ0v) is 9.24. The molecule has 0 saturated carbocycles. The van der Waals surface area contributed by atoms with Gasteiger partial charge in [-0.3, -0.25) is 9.59 Å².